The van der Waals surface area contributed by atoms with E-state index in [2.05, 4.69) is 10.3 Å². The van der Waals surface area contributed by atoms with E-state index in [1.807, 2.05) is 0 Å². The Bertz CT molecular complexity index is 503. The van der Waals surface area contributed by atoms with Gasteiger partial charge in [0.15, 0.2) is 0 Å². The summed E-state index contributed by atoms with van der Waals surface area (Å²) in [6, 6.07) is 3.12. The number of halogens is 3. The van der Waals surface area contributed by atoms with Crippen LogP contribution in [0.4, 0.5) is 0 Å². The monoisotopic (exact) mass is 277 g/mol. The normalized spacial score (nSPS) is 10.8. The number of nitrogens with zero attached hydrogens (tertiary/aromatic N) is 3. The lowest BCUT2D eigenvalue weighted by Crippen LogP contribution is -1.97. The predicted octanol–water partition coefficient (Wildman–Crippen LogP) is 2.72. The highest BCUT2D eigenvalue weighted by Gasteiger charge is 2.11. The van der Waals surface area contributed by atoms with Crippen molar-refractivity contribution in [3.63, 3.8) is 0 Å². The van der Waals surface area contributed by atoms with Crippen LogP contribution in [0.25, 0.3) is 5.69 Å². The van der Waals surface area contributed by atoms with Crippen molar-refractivity contribution in [2.45, 2.75) is 6.61 Å². The number of aliphatic hydroxyl groups is 1. The molecule has 0 radical (unpaired) electrons. The van der Waals surface area contributed by atoms with Crippen molar-refractivity contribution < 1.29 is 5.11 Å². The summed E-state index contributed by atoms with van der Waals surface area (Å²) in [6.45, 7) is -0.192. The lowest BCUT2D eigenvalue weighted by atomic mass is 10.3. The Morgan fingerprint density at radius 3 is 2.31 bits per heavy atom. The Morgan fingerprint density at radius 1 is 1.19 bits per heavy atom. The molecular formula is C9H6Cl3N3O. The van der Waals surface area contributed by atoms with Crippen LogP contribution < -0.4 is 0 Å². The van der Waals surface area contributed by atoms with Crippen LogP contribution in [0.1, 0.15) is 5.69 Å². The minimum atomic E-state index is -0.192. The maximum absolute atomic E-state index is 8.88. The van der Waals surface area contributed by atoms with Crippen LogP contribution in [0.15, 0.2) is 18.3 Å². The minimum absolute atomic E-state index is 0.192. The first-order chi connectivity index (χ1) is 7.61. The number of aliphatic hydroxyl groups excluding tert-OH is 1. The Balaban J connectivity index is 2.55. The Kier molecular flexibility index (Phi) is 3.35. The highest BCUT2D eigenvalue weighted by molar-refractivity contribution is 6.40. The first-order valence-corrected chi connectivity index (χ1v) is 5.42. The third kappa shape index (κ3) is 2.15. The maximum atomic E-state index is 8.88. The van der Waals surface area contributed by atoms with Crippen LogP contribution >= 0.6 is 34.8 Å². The van der Waals surface area contributed by atoms with Gasteiger partial charge in [-0.3, -0.25) is 0 Å². The summed E-state index contributed by atoms with van der Waals surface area (Å²) in [7, 11) is 0. The molecule has 84 valence electrons. The Hall–Kier alpha value is -0.810. The number of aromatic nitrogens is 3. The van der Waals surface area contributed by atoms with Gasteiger partial charge >= 0.3 is 0 Å². The highest BCUT2D eigenvalue weighted by Crippen LogP contribution is 2.31. The molecule has 0 amide bonds. The molecule has 0 spiro atoms. The smallest absolute Gasteiger partial charge is 0.109 e. The zero-order chi connectivity index (χ0) is 11.7. The van der Waals surface area contributed by atoms with Crippen molar-refractivity contribution in [2.75, 3.05) is 0 Å². The second-order valence-corrected chi connectivity index (χ2v) is 4.28. The molecular weight excluding hydrogens is 272 g/mol. The molecule has 1 N–H and O–H groups in total. The van der Waals surface area contributed by atoms with E-state index in [0.29, 0.717) is 26.4 Å². The van der Waals surface area contributed by atoms with Gasteiger partial charge in [0.05, 0.1) is 22.8 Å². The zero-order valence-corrected chi connectivity index (χ0v) is 10.1. The van der Waals surface area contributed by atoms with Crippen molar-refractivity contribution in [2.24, 2.45) is 0 Å². The van der Waals surface area contributed by atoms with E-state index in [1.54, 1.807) is 18.3 Å². The minimum Gasteiger partial charge on any atom is -0.390 e. The highest BCUT2D eigenvalue weighted by atomic mass is 35.5. The molecule has 0 aliphatic heterocycles. The average Bonchev–Trinajstić information content (AvgIpc) is 2.64. The van der Waals surface area contributed by atoms with Crippen LogP contribution in [0, 0.1) is 0 Å². The zero-order valence-electron chi connectivity index (χ0n) is 7.86. The van der Waals surface area contributed by atoms with Gasteiger partial charge in [-0.05, 0) is 12.1 Å². The first kappa shape index (κ1) is 11.7. The molecule has 1 aromatic carbocycles. The van der Waals surface area contributed by atoms with Crippen LogP contribution in [0.5, 0.6) is 0 Å². The van der Waals surface area contributed by atoms with Gasteiger partial charge in [0, 0.05) is 5.02 Å². The summed E-state index contributed by atoms with van der Waals surface area (Å²) in [6.07, 6.45) is 1.54. The Morgan fingerprint density at radius 2 is 1.81 bits per heavy atom. The van der Waals surface area contributed by atoms with Crippen LogP contribution in [-0.4, -0.2) is 20.1 Å². The van der Waals surface area contributed by atoms with Crippen molar-refractivity contribution in [1.82, 2.24) is 15.0 Å². The van der Waals surface area contributed by atoms with Gasteiger partial charge in [-0.25, -0.2) is 4.68 Å². The molecule has 0 aliphatic rings. The fraction of sp³-hybridized carbons (Fsp3) is 0.111. The average molecular weight is 279 g/mol. The summed E-state index contributed by atoms with van der Waals surface area (Å²) in [5.41, 5.74) is 0.919. The molecule has 0 fully saturated rings. The summed E-state index contributed by atoms with van der Waals surface area (Å²) >= 11 is 17.8. The van der Waals surface area contributed by atoms with E-state index >= 15 is 0 Å². The van der Waals surface area contributed by atoms with E-state index in [9.17, 15) is 0 Å². The van der Waals surface area contributed by atoms with Crippen molar-refractivity contribution >= 4 is 34.8 Å². The summed E-state index contributed by atoms with van der Waals surface area (Å²) in [5, 5.41) is 17.6. The topological polar surface area (TPSA) is 50.9 Å². The van der Waals surface area contributed by atoms with Crippen molar-refractivity contribution in [3.05, 3.63) is 39.1 Å². The molecule has 0 atom stereocenters. The molecule has 2 aromatic rings. The van der Waals surface area contributed by atoms with Crippen LogP contribution in [0.2, 0.25) is 15.1 Å². The van der Waals surface area contributed by atoms with E-state index < -0.39 is 0 Å². The lowest BCUT2D eigenvalue weighted by molar-refractivity contribution is 0.276. The van der Waals surface area contributed by atoms with Gasteiger partial charge in [0.25, 0.3) is 0 Å². The number of benzene rings is 1. The SMILES string of the molecule is OCc1cn(-c2c(Cl)cc(Cl)cc2Cl)nn1. The first-order valence-electron chi connectivity index (χ1n) is 4.29. The molecule has 0 bridgehead atoms. The van der Waals surface area contributed by atoms with E-state index in [0.717, 1.165) is 0 Å². The van der Waals surface area contributed by atoms with Gasteiger partial charge in [0.2, 0.25) is 0 Å². The molecule has 0 saturated heterocycles. The van der Waals surface area contributed by atoms with Gasteiger partial charge < -0.3 is 5.11 Å². The van der Waals surface area contributed by atoms with Gasteiger partial charge in [-0.1, -0.05) is 40.0 Å². The van der Waals surface area contributed by atoms with E-state index in [1.165, 1.54) is 4.68 Å². The third-order valence-corrected chi connectivity index (χ3v) is 2.71. The van der Waals surface area contributed by atoms with Crippen LogP contribution in [-0.2, 0) is 6.61 Å². The molecule has 0 aliphatic carbocycles. The number of rotatable bonds is 2. The van der Waals surface area contributed by atoms with E-state index in [4.69, 9.17) is 39.9 Å². The molecule has 0 saturated carbocycles. The molecule has 1 heterocycles. The quantitative estimate of drug-likeness (QED) is 0.919. The molecule has 4 nitrogen and oxygen atoms in total. The standard InChI is InChI=1S/C9H6Cl3N3O/c10-5-1-7(11)9(8(12)2-5)15-3-6(4-16)13-14-15/h1-3,16H,4H2. The summed E-state index contributed by atoms with van der Waals surface area (Å²) in [4.78, 5) is 0. The van der Waals surface area contributed by atoms with Gasteiger partial charge in [0.1, 0.15) is 11.4 Å². The maximum Gasteiger partial charge on any atom is 0.109 e. The summed E-state index contributed by atoms with van der Waals surface area (Å²) < 4.78 is 1.40. The lowest BCUT2D eigenvalue weighted by Gasteiger charge is -2.06. The molecule has 2 rings (SSSR count). The molecule has 16 heavy (non-hydrogen) atoms. The fourth-order valence-electron chi connectivity index (χ4n) is 1.23. The van der Waals surface area contributed by atoms with Gasteiger partial charge in [-0.15, -0.1) is 5.10 Å². The van der Waals surface area contributed by atoms with Crippen molar-refractivity contribution in [3.8, 4) is 5.69 Å². The number of hydrogen-bond donors (Lipinski definition) is 1. The largest absolute Gasteiger partial charge is 0.390 e. The second-order valence-electron chi connectivity index (χ2n) is 3.03. The van der Waals surface area contributed by atoms with E-state index in [-0.39, 0.29) is 6.61 Å². The third-order valence-electron chi connectivity index (χ3n) is 1.91. The Labute approximate surface area is 106 Å². The van der Waals surface area contributed by atoms with Crippen molar-refractivity contribution in [1.29, 1.82) is 0 Å². The fourth-order valence-corrected chi connectivity index (χ4v) is 2.22. The molecule has 0 unspecified atom stereocenters. The molecule has 7 heteroatoms. The number of hydrogen-bond acceptors (Lipinski definition) is 3. The summed E-state index contributed by atoms with van der Waals surface area (Å²) in [5.74, 6) is 0. The molecule has 1 aromatic heterocycles. The van der Waals surface area contributed by atoms with Gasteiger partial charge in [-0.2, -0.15) is 0 Å². The second kappa shape index (κ2) is 4.59. The van der Waals surface area contributed by atoms with Crippen LogP contribution in [0.3, 0.4) is 0 Å². The predicted molar refractivity (Wildman–Crippen MR) is 62.3 cm³/mol.